The minimum Gasteiger partial charge on any atom is -0.354 e. The molecule has 0 saturated heterocycles. The number of aromatic nitrogens is 3. The van der Waals surface area contributed by atoms with Gasteiger partial charge in [-0.15, -0.1) is 22.7 Å². The van der Waals surface area contributed by atoms with E-state index in [1.807, 2.05) is 14.1 Å². The molecule has 0 atom stereocenters. The summed E-state index contributed by atoms with van der Waals surface area (Å²) in [6.07, 6.45) is 3.17. The molecule has 42 heteroatoms. The lowest BCUT2D eigenvalue weighted by Crippen LogP contribution is -2.49. The predicted molar refractivity (Wildman–Crippen MR) is 467 cm³/mol. The van der Waals surface area contributed by atoms with Crippen LogP contribution >= 0.6 is 34.0 Å². The third-order valence-corrected chi connectivity index (χ3v) is 25.2. The Morgan fingerprint density at radius 1 is 0.370 bits per heavy atom. The normalized spacial score (nSPS) is 14.4. The second-order valence-electron chi connectivity index (χ2n) is 32.0. The van der Waals surface area contributed by atoms with Crippen LogP contribution in [0.5, 0.6) is 0 Å². The van der Waals surface area contributed by atoms with Crippen LogP contribution in [0.1, 0.15) is 141 Å². The fraction of sp³-hybridized carbons (Fsp3) is 0.269. The largest absolute Gasteiger partial charge is 0.354 e. The molecular weight excluding hydrogens is 1870 g/mol. The molecule has 706 valence electrons. The first kappa shape index (κ1) is 98.9. The van der Waals surface area contributed by atoms with Gasteiger partial charge in [-0.1, -0.05) is 11.3 Å². The highest BCUT2D eigenvalue weighted by Crippen LogP contribution is 2.45. The number of hydrogen-bond donors (Lipinski definition) is 4. The van der Waals surface area contributed by atoms with E-state index in [0.717, 1.165) is 125 Å². The molecule has 5 aliphatic heterocycles. The van der Waals surface area contributed by atoms with Gasteiger partial charge in [-0.25, -0.2) is 50.1 Å². The predicted octanol–water partition coefficient (Wildman–Crippen LogP) is 19.8. The van der Waals surface area contributed by atoms with Crippen LogP contribution in [-0.4, -0.2) is 135 Å². The summed E-state index contributed by atoms with van der Waals surface area (Å²) in [6.45, 7) is 7.39. The van der Waals surface area contributed by atoms with Crippen molar-refractivity contribution in [3.63, 3.8) is 0 Å². The summed E-state index contributed by atoms with van der Waals surface area (Å²) in [5, 5.41) is 11.5. The molecule has 16 rings (SSSR count). The number of hydrogen-bond acceptors (Lipinski definition) is 16. The van der Waals surface area contributed by atoms with Crippen molar-refractivity contribution in [2.45, 2.75) is 116 Å². The summed E-state index contributed by atoms with van der Waals surface area (Å²) in [7, 11) is 3.62. The summed E-state index contributed by atoms with van der Waals surface area (Å²) >= 11 is 3.49. The van der Waals surface area contributed by atoms with Crippen LogP contribution in [-0.2, 0) is 81.3 Å². The van der Waals surface area contributed by atoms with E-state index in [1.54, 1.807) is 18.0 Å². The van der Waals surface area contributed by atoms with E-state index < -0.39 is 170 Å². The maximum Gasteiger partial charge on any atom is 0.352 e. The second kappa shape index (κ2) is 39.5. The third kappa shape index (κ3) is 21.8. The number of alkyl halides is 10. The van der Waals surface area contributed by atoms with Gasteiger partial charge in [-0.2, -0.15) is 43.9 Å². The number of fused-ring (bicyclic) bond motifs is 3. The van der Waals surface area contributed by atoms with E-state index in [-0.39, 0.29) is 116 Å². The van der Waals surface area contributed by atoms with E-state index in [9.17, 15) is 82.3 Å². The first-order valence-corrected chi connectivity index (χ1v) is 43.3. The van der Waals surface area contributed by atoms with Crippen LogP contribution in [0.2, 0.25) is 0 Å². The minimum absolute atomic E-state index is 0.00940. The summed E-state index contributed by atoms with van der Waals surface area (Å²) in [5.41, 5.74) is -1.63. The zero-order valence-corrected chi connectivity index (χ0v) is 74.7. The van der Waals surface area contributed by atoms with Crippen molar-refractivity contribution in [2.24, 2.45) is 4.99 Å². The molecule has 8 amide bonds. The lowest BCUT2D eigenvalue weighted by molar-refractivity contribution is -0.167. The number of aliphatic imine (C=N–C) groups is 1. The first-order valence-electron chi connectivity index (χ1n) is 40.9. The number of carbonyl (C=O) groups excluding carboxylic acids is 8. The topological polar surface area (TPSA) is 252 Å². The van der Waals surface area contributed by atoms with E-state index >= 15 is 35.1 Å². The Bertz CT molecular complexity index is 6640. The molecular formula is C93H77F18N13O8S3. The van der Waals surface area contributed by atoms with Crippen molar-refractivity contribution in [1.82, 2.24) is 34.6 Å². The molecule has 21 nitrogen and oxygen atoms in total. The number of carbonyl (C=O) groups is 8. The molecule has 0 saturated carbocycles. The molecule has 0 aliphatic carbocycles. The Morgan fingerprint density at radius 2 is 0.674 bits per heavy atom. The van der Waals surface area contributed by atoms with Crippen molar-refractivity contribution >= 4 is 115 Å². The molecule has 5 aliphatic rings. The Hall–Kier alpha value is -13.6. The average molecular weight is 1940 g/mol. The second-order valence-corrected chi connectivity index (χ2v) is 35.6. The summed E-state index contributed by atoms with van der Waals surface area (Å²) in [4.78, 5) is 124. The summed E-state index contributed by atoms with van der Waals surface area (Å²) in [6, 6.07) is 24.5. The Labute approximate surface area is 769 Å². The number of nitrogens with zero attached hydrogens (tertiary/aromatic N) is 9. The Balaban J connectivity index is 0.000000153. The molecule has 0 spiro atoms. The lowest BCUT2D eigenvalue weighted by atomic mass is 10.0. The van der Waals surface area contributed by atoms with Gasteiger partial charge >= 0.3 is 29.6 Å². The quantitative estimate of drug-likeness (QED) is 0.0621. The molecule has 11 aromatic rings. The molecule has 4 N–H and O–H groups in total. The average Bonchev–Trinajstić information content (AvgIpc) is 1.71. The molecule has 0 fully saturated rings. The van der Waals surface area contributed by atoms with Gasteiger partial charge in [0, 0.05) is 133 Å². The number of thiazole rings is 3. The maximum atomic E-state index is 15.2. The highest BCUT2D eigenvalue weighted by Gasteiger charge is 2.54. The van der Waals surface area contributed by atoms with Crippen LogP contribution in [0.3, 0.4) is 0 Å². The summed E-state index contributed by atoms with van der Waals surface area (Å²) in [5.74, 6) is -38.0. The van der Waals surface area contributed by atoms with Gasteiger partial charge in [0.15, 0.2) is 5.13 Å². The van der Waals surface area contributed by atoms with Crippen LogP contribution in [0, 0.1) is 88.1 Å². The van der Waals surface area contributed by atoms with Crippen LogP contribution in [0.25, 0.3) is 0 Å². The Morgan fingerprint density at radius 3 is 1.03 bits per heavy atom. The molecule has 0 radical (unpaired) electrons. The highest BCUT2D eigenvalue weighted by molar-refractivity contribution is 7.15. The van der Waals surface area contributed by atoms with Crippen molar-refractivity contribution in [3.8, 4) is 0 Å². The van der Waals surface area contributed by atoms with E-state index in [2.05, 4.69) is 41.2 Å². The minimum atomic E-state index is -4.54. The Kier molecular flexibility index (Phi) is 28.9. The number of nitrogens with one attached hydrogen (secondary N) is 4. The van der Waals surface area contributed by atoms with Gasteiger partial charge in [-0.05, 0) is 215 Å². The zero-order chi connectivity index (χ0) is 98.2. The van der Waals surface area contributed by atoms with Gasteiger partial charge in [-0.3, -0.25) is 43.3 Å². The molecule has 8 aromatic carbocycles. The van der Waals surface area contributed by atoms with Crippen LogP contribution in [0.4, 0.5) is 107 Å². The number of rotatable bonds is 17. The number of amides is 8. The van der Waals surface area contributed by atoms with Gasteiger partial charge in [0.25, 0.3) is 47.3 Å². The van der Waals surface area contributed by atoms with E-state index in [1.165, 1.54) is 106 Å². The van der Waals surface area contributed by atoms with E-state index in [0.29, 0.717) is 66.0 Å². The number of halogens is 18. The van der Waals surface area contributed by atoms with Gasteiger partial charge in [0.1, 0.15) is 52.2 Å². The number of anilines is 5. The van der Waals surface area contributed by atoms with Gasteiger partial charge in [0.2, 0.25) is 0 Å². The van der Waals surface area contributed by atoms with Crippen LogP contribution in [0.15, 0.2) is 162 Å². The first-order chi connectivity index (χ1) is 63.5. The van der Waals surface area contributed by atoms with Crippen molar-refractivity contribution in [3.05, 3.63) is 312 Å². The summed E-state index contributed by atoms with van der Waals surface area (Å²) < 4.78 is 261. The zero-order valence-electron chi connectivity index (χ0n) is 72.2. The van der Waals surface area contributed by atoms with Gasteiger partial charge < -0.3 is 45.8 Å². The maximum absolute atomic E-state index is 15.2. The fourth-order valence-electron chi connectivity index (χ4n) is 14.8. The number of aryl methyl sites for hydroxylation is 6. The fourth-order valence-corrected chi connectivity index (χ4v) is 17.8. The molecule has 8 heterocycles. The van der Waals surface area contributed by atoms with Crippen molar-refractivity contribution < 1.29 is 117 Å². The molecule has 3 aromatic heterocycles. The van der Waals surface area contributed by atoms with Crippen molar-refractivity contribution in [2.75, 3.05) is 73.0 Å². The van der Waals surface area contributed by atoms with Crippen LogP contribution < -0.4 is 26.2 Å². The highest BCUT2D eigenvalue weighted by atomic mass is 32.1. The van der Waals surface area contributed by atoms with Crippen molar-refractivity contribution in [1.29, 1.82) is 0 Å². The number of benzene rings is 8. The smallest absolute Gasteiger partial charge is 0.352 e. The standard InChI is InChI=1S/C24H22F4N4O2S.C23H17F6N3O2S.C23H19F4N3O2S.C23H19F4N3O2/c1-13-10-15(5-7-17(13)25)29-21(33)14-4-6-18(26)16(11-14)24(27,28)22(34)32-9-8-19-20(12-32)35-23(30-19)31(2)3;1-11-7-14(4-6-16(11)24)31-20(33)13-3-5-17(25)15(8-13)23(28,29)21(34)32-9-18-19(22(26,27)10-32)30-12(2)35-18;1-12-9-15(4-6-17(12)24)29-21(31)14-3-5-18(25)16(10-14)23(26,27)22(32)30-8-7-19-20(11-30)33-13(2)28-19;1-13-10-16(3-5-18(13)24)29-21(31)14-2-4-19(25)17(11-14)23(26,27)22(32)30-9-7-20-15(12-30)6-8-28-20/h4-7,10-11H,8-9,12H2,1-3H3,(H,29,33);3-8H,9-10H2,1-2H3,(H,31,33);3-6,9-10H,7-8,11H2,1-2H3,(H,29,31);2-5,8,10-11H,6-7,9,12H2,1H3,(H,29,31). The van der Waals surface area contributed by atoms with Gasteiger partial charge in [0.05, 0.1) is 74.7 Å². The monoisotopic (exact) mass is 1940 g/mol. The van der Waals surface area contributed by atoms with E-state index in [4.69, 9.17) is 0 Å². The lowest BCUT2D eigenvalue weighted by Gasteiger charge is -2.33. The SMILES string of the molecule is Cc1cc(NC(=O)c2ccc(F)c(C(F)(F)C(=O)N3CCC4=C(CC=N4)C3)c2)ccc1F.Cc1cc(NC(=O)c2ccc(F)c(C(F)(F)C(=O)N3CCc4nc(N(C)C)sc4C3)c2)ccc1F.Cc1nc2c(s1)CN(C(=O)C(F)(F)c1cc(C(=O)Nc3ccc(F)c(C)c3)ccc1F)CC2.Cc1nc2c(s1)CN(C(=O)C(F)(F)c1cc(C(=O)Nc3ccc(F)c(C)c3)ccc1F)CC2(F)F. The molecule has 135 heavy (non-hydrogen) atoms. The molecule has 0 bridgehead atoms. The third-order valence-electron chi connectivity index (χ3n) is 22.0. The molecule has 0 unspecified atom stereocenters.